The predicted octanol–water partition coefficient (Wildman–Crippen LogP) is 3.95. The van der Waals surface area contributed by atoms with Crippen molar-refractivity contribution >= 4 is 29.3 Å². The summed E-state index contributed by atoms with van der Waals surface area (Å²) in [7, 11) is 0. The number of anilines is 2. The summed E-state index contributed by atoms with van der Waals surface area (Å²) in [6.07, 6.45) is 3.38. The van der Waals surface area contributed by atoms with Crippen molar-refractivity contribution in [2.75, 3.05) is 36.5 Å². The van der Waals surface area contributed by atoms with E-state index in [2.05, 4.69) is 27.7 Å². The fourth-order valence-electron chi connectivity index (χ4n) is 3.03. The van der Waals surface area contributed by atoms with Crippen LogP contribution in [0.4, 0.5) is 16.2 Å². The van der Waals surface area contributed by atoms with Crippen molar-refractivity contribution < 1.29 is 14.3 Å². The molecule has 29 heavy (non-hydrogen) atoms. The molecule has 2 aromatic rings. The van der Waals surface area contributed by atoms with Crippen LogP contribution in [0.25, 0.3) is 6.08 Å². The number of ether oxygens (including phenoxy) is 1. The highest BCUT2D eigenvalue weighted by atomic mass is 16.5. The topological polar surface area (TPSA) is 70.7 Å². The van der Waals surface area contributed by atoms with Crippen LogP contribution in [0, 0.1) is 0 Å². The van der Waals surface area contributed by atoms with Crippen LogP contribution >= 0.6 is 0 Å². The van der Waals surface area contributed by atoms with Gasteiger partial charge in [0.25, 0.3) is 0 Å². The van der Waals surface area contributed by atoms with Gasteiger partial charge in [0.15, 0.2) is 5.78 Å². The van der Waals surface area contributed by atoms with Crippen LogP contribution in [0.2, 0.25) is 0 Å². The van der Waals surface area contributed by atoms with E-state index in [9.17, 15) is 9.59 Å². The Morgan fingerprint density at radius 1 is 1.00 bits per heavy atom. The number of nitrogens with one attached hydrogen (secondary N) is 2. The molecule has 152 valence electrons. The number of benzene rings is 2. The summed E-state index contributed by atoms with van der Waals surface area (Å²) in [5, 5.41) is 5.49. The molecule has 0 saturated carbocycles. The number of allylic oxidation sites excluding steroid dienone is 1. The quantitative estimate of drug-likeness (QED) is 0.576. The number of carbonyl (C=O) groups is 2. The molecule has 1 heterocycles. The molecule has 6 heteroatoms. The van der Waals surface area contributed by atoms with E-state index in [4.69, 9.17) is 4.74 Å². The first-order valence-corrected chi connectivity index (χ1v) is 9.84. The molecule has 1 aliphatic heterocycles. The SMILES string of the molecule is CC(C)NC(=O)Nc1ccc(C(=O)/C=C/c2ccc(N3CCOCC3)cc2)cc1. The van der Waals surface area contributed by atoms with Gasteiger partial charge in [-0.1, -0.05) is 18.2 Å². The van der Waals surface area contributed by atoms with Gasteiger partial charge in [0.1, 0.15) is 0 Å². The second kappa shape index (κ2) is 9.89. The number of hydrogen-bond donors (Lipinski definition) is 2. The van der Waals surface area contributed by atoms with Crippen molar-refractivity contribution in [3.63, 3.8) is 0 Å². The third-order valence-corrected chi connectivity index (χ3v) is 4.54. The molecule has 0 atom stereocenters. The van der Waals surface area contributed by atoms with E-state index in [0.717, 1.165) is 31.9 Å². The van der Waals surface area contributed by atoms with Gasteiger partial charge < -0.3 is 20.3 Å². The molecule has 1 aliphatic rings. The number of hydrogen-bond acceptors (Lipinski definition) is 4. The molecule has 0 aliphatic carbocycles. The lowest BCUT2D eigenvalue weighted by Gasteiger charge is -2.28. The number of amides is 2. The normalized spacial score (nSPS) is 14.2. The van der Waals surface area contributed by atoms with Gasteiger partial charge in [0.2, 0.25) is 0 Å². The molecule has 1 fully saturated rings. The molecule has 0 spiro atoms. The maximum absolute atomic E-state index is 12.4. The summed E-state index contributed by atoms with van der Waals surface area (Å²) in [5.41, 5.74) is 3.35. The molecule has 0 unspecified atom stereocenters. The zero-order chi connectivity index (χ0) is 20.6. The molecule has 2 N–H and O–H groups in total. The number of nitrogens with zero attached hydrogens (tertiary/aromatic N) is 1. The third-order valence-electron chi connectivity index (χ3n) is 4.54. The lowest BCUT2D eigenvalue weighted by atomic mass is 10.1. The first-order valence-electron chi connectivity index (χ1n) is 9.84. The van der Waals surface area contributed by atoms with E-state index in [1.54, 1.807) is 30.3 Å². The van der Waals surface area contributed by atoms with Gasteiger partial charge in [0, 0.05) is 36.1 Å². The van der Waals surface area contributed by atoms with Gasteiger partial charge in [0.05, 0.1) is 13.2 Å². The predicted molar refractivity (Wildman–Crippen MR) is 117 cm³/mol. The lowest BCUT2D eigenvalue weighted by Crippen LogP contribution is -2.36. The Morgan fingerprint density at radius 3 is 2.28 bits per heavy atom. The Kier molecular flexibility index (Phi) is 7.03. The van der Waals surface area contributed by atoms with Gasteiger partial charge in [-0.2, -0.15) is 0 Å². The summed E-state index contributed by atoms with van der Waals surface area (Å²) in [6, 6.07) is 14.8. The van der Waals surface area contributed by atoms with Crippen molar-refractivity contribution in [3.8, 4) is 0 Å². The summed E-state index contributed by atoms with van der Waals surface area (Å²) in [4.78, 5) is 26.4. The highest BCUT2D eigenvalue weighted by molar-refractivity contribution is 6.07. The van der Waals surface area contributed by atoms with Crippen LogP contribution in [0.5, 0.6) is 0 Å². The molecule has 6 nitrogen and oxygen atoms in total. The summed E-state index contributed by atoms with van der Waals surface area (Å²) in [5.74, 6) is -0.0829. The molecule has 1 saturated heterocycles. The van der Waals surface area contributed by atoms with Crippen molar-refractivity contribution in [2.24, 2.45) is 0 Å². The van der Waals surface area contributed by atoms with E-state index < -0.39 is 0 Å². The Morgan fingerprint density at radius 2 is 1.66 bits per heavy atom. The maximum atomic E-state index is 12.4. The monoisotopic (exact) mass is 393 g/mol. The second-order valence-corrected chi connectivity index (χ2v) is 7.22. The van der Waals surface area contributed by atoms with Gasteiger partial charge in [-0.15, -0.1) is 0 Å². The van der Waals surface area contributed by atoms with Crippen molar-refractivity contribution in [1.29, 1.82) is 0 Å². The Labute approximate surface area is 171 Å². The summed E-state index contributed by atoms with van der Waals surface area (Å²) >= 11 is 0. The smallest absolute Gasteiger partial charge is 0.319 e. The molecule has 0 bridgehead atoms. The minimum absolute atomic E-state index is 0.0592. The fraction of sp³-hybridized carbons (Fsp3) is 0.304. The number of rotatable bonds is 6. The van der Waals surface area contributed by atoms with Crippen LogP contribution < -0.4 is 15.5 Å². The average Bonchev–Trinajstić information content (AvgIpc) is 2.73. The van der Waals surface area contributed by atoms with Crippen molar-refractivity contribution in [3.05, 3.63) is 65.7 Å². The molecule has 0 radical (unpaired) electrons. The summed E-state index contributed by atoms with van der Waals surface area (Å²) in [6.45, 7) is 7.10. The maximum Gasteiger partial charge on any atom is 0.319 e. The van der Waals surface area contributed by atoms with E-state index in [1.807, 2.05) is 32.1 Å². The second-order valence-electron chi connectivity index (χ2n) is 7.22. The van der Waals surface area contributed by atoms with E-state index in [1.165, 1.54) is 5.69 Å². The van der Waals surface area contributed by atoms with Crippen molar-refractivity contribution in [1.82, 2.24) is 5.32 Å². The van der Waals surface area contributed by atoms with Gasteiger partial charge in [-0.05, 0) is 61.9 Å². The van der Waals surface area contributed by atoms with Crippen LogP contribution in [0.1, 0.15) is 29.8 Å². The lowest BCUT2D eigenvalue weighted by molar-refractivity contribution is 0.104. The van der Waals surface area contributed by atoms with E-state index in [0.29, 0.717) is 11.3 Å². The number of carbonyl (C=O) groups excluding carboxylic acids is 2. The Hall–Kier alpha value is -3.12. The number of morpholine rings is 1. The van der Waals surface area contributed by atoms with Crippen LogP contribution in [0.15, 0.2) is 54.6 Å². The molecular weight excluding hydrogens is 366 g/mol. The molecular formula is C23H27N3O3. The summed E-state index contributed by atoms with van der Waals surface area (Å²) < 4.78 is 5.38. The van der Waals surface area contributed by atoms with E-state index >= 15 is 0 Å². The highest BCUT2D eigenvalue weighted by Gasteiger charge is 2.10. The minimum Gasteiger partial charge on any atom is -0.378 e. The zero-order valence-electron chi connectivity index (χ0n) is 16.9. The largest absolute Gasteiger partial charge is 0.378 e. The Bertz CT molecular complexity index is 852. The Balaban J connectivity index is 1.56. The molecule has 2 aromatic carbocycles. The first kappa shape index (κ1) is 20.6. The minimum atomic E-state index is -0.264. The molecule has 2 amide bonds. The van der Waals surface area contributed by atoms with Gasteiger partial charge in [-0.25, -0.2) is 4.79 Å². The van der Waals surface area contributed by atoms with E-state index in [-0.39, 0.29) is 17.9 Å². The molecule has 3 rings (SSSR count). The fourth-order valence-corrected chi connectivity index (χ4v) is 3.03. The molecule has 0 aromatic heterocycles. The number of urea groups is 1. The van der Waals surface area contributed by atoms with Gasteiger partial charge >= 0.3 is 6.03 Å². The van der Waals surface area contributed by atoms with Crippen LogP contribution in [-0.2, 0) is 4.74 Å². The first-order chi connectivity index (χ1) is 14.0. The van der Waals surface area contributed by atoms with Crippen LogP contribution in [-0.4, -0.2) is 44.2 Å². The number of ketones is 1. The highest BCUT2D eigenvalue weighted by Crippen LogP contribution is 2.18. The van der Waals surface area contributed by atoms with Crippen molar-refractivity contribution in [2.45, 2.75) is 19.9 Å². The third kappa shape index (κ3) is 6.19. The standard InChI is InChI=1S/C23H27N3O3/c1-17(2)24-23(28)25-20-8-6-19(7-9-20)22(27)12-5-18-3-10-21(11-4-18)26-13-15-29-16-14-26/h3-12,17H,13-16H2,1-2H3,(H2,24,25,28)/b12-5+. The van der Waals surface area contributed by atoms with Gasteiger partial charge in [-0.3, -0.25) is 4.79 Å². The average molecular weight is 393 g/mol. The zero-order valence-corrected chi connectivity index (χ0v) is 16.9. The van der Waals surface area contributed by atoms with Crippen LogP contribution in [0.3, 0.4) is 0 Å².